The summed E-state index contributed by atoms with van der Waals surface area (Å²) in [5.41, 5.74) is 5.81. The second kappa shape index (κ2) is 7.05. The Labute approximate surface area is 137 Å². The van der Waals surface area contributed by atoms with E-state index in [0.717, 1.165) is 11.1 Å². The number of carbonyl (C=O) groups excluding carboxylic acids is 2. The molecule has 2 aromatic rings. The molecule has 1 amide bonds. The predicted molar refractivity (Wildman–Crippen MR) is 94.8 cm³/mol. The van der Waals surface area contributed by atoms with Gasteiger partial charge in [-0.2, -0.15) is 0 Å². The quantitative estimate of drug-likeness (QED) is 0.669. The molecule has 0 saturated heterocycles. The summed E-state index contributed by atoms with van der Waals surface area (Å²) >= 11 is 0. The van der Waals surface area contributed by atoms with Crippen LogP contribution in [0.4, 0.5) is 5.69 Å². The summed E-state index contributed by atoms with van der Waals surface area (Å²) in [6.07, 6.45) is 3.42. The molecule has 0 heterocycles. The van der Waals surface area contributed by atoms with Crippen LogP contribution in [0.5, 0.6) is 0 Å². The molecule has 3 heteroatoms. The van der Waals surface area contributed by atoms with E-state index in [-0.39, 0.29) is 11.7 Å². The average Bonchev–Trinajstić information content (AvgIpc) is 2.49. The van der Waals surface area contributed by atoms with Gasteiger partial charge >= 0.3 is 0 Å². The molecular formula is C20H21NO2. The summed E-state index contributed by atoms with van der Waals surface area (Å²) in [4.78, 5) is 23.4. The van der Waals surface area contributed by atoms with Crippen LogP contribution in [0.15, 0.2) is 42.5 Å². The van der Waals surface area contributed by atoms with Crippen LogP contribution < -0.4 is 5.32 Å². The van der Waals surface area contributed by atoms with Crippen molar-refractivity contribution in [2.75, 3.05) is 5.32 Å². The molecule has 0 aliphatic heterocycles. The van der Waals surface area contributed by atoms with Crippen LogP contribution in [0.3, 0.4) is 0 Å². The number of aryl methyl sites for hydroxylation is 3. The Hall–Kier alpha value is -2.68. The van der Waals surface area contributed by atoms with Gasteiger partial charge in [0.2, 0.25) is 5.91 Å². The molecule has 23 heavy (non-hydrogen) atoms. The summed E-state index contributed by atoms with van der Waals surface area (Å²) in [6, 6.07) is 11.1. The number of amides is 1. The van der Waals surface area contributed by atoms with Crippen molar-refractivity contribution in [3.05, 3.63) is 70.3 Å². The molecule has 0 spiro atoms. The highest BCUT2D eigenvalue weighted by Gasteiger charge is 2.05. The largest absolute Gasteiger partial charge is 0.326 e. The van der Waals surface area contributed by atoms with Crippen molar-refractivity contribution in [3.8, 4) is 0 Å². The fourth-order valence-corrected chi connectivity index (χ4v) is 2.38. The van der Waals surface area contributed by atoms with Crippen molar-refractivity contribution in [2.24, 2.45) is 0 Å². The average molecular weight is 307 g/mol. The van der Waals surface area contributed by atoms with Crippen LogP contribution in [0.1, 0.15) is 39.5 Å². The first-order chi connectivity index (χ1) is 10.9. The van der Waals surface area contributed by atoms with Crippen molar-refractivity contribution in [2.45, 2.75) is 27.7 Å². The van der Waals surface area contributed by atoms with Gasteiger partial charge in [0.1, 0.15) is 0 Å². The second-order valence-electron chi connectivity index (χ2n) is 5.75. The van der Waals surface area contributed by atoms with E-state index in [1.807, 2.05) is 13.0 Å². The van der Waals surface area contributed by atoms with Gasteiger partial charge in [0.15, 0.2) is 5.78 Å². The molecule has 0 saturated carbocycles. The first-order valence-electron chi connectivity index (χ1n) is 7.54. The lowest BCUT2D eigenvalue weighted by Crippen LogP contribution is -2.06. The summed E-state index contributed by atoms with van der Waals surface area (Å²) in [6.45, 7) is 7.62. The summed E-state index contributed by atoms with van der Waals surface area (Å²) in [7, 11) is 0. The minimum atomic E-state index is -0.157. The number of benzene rings is 2. The first kappa shape index (κ1) is 16.7. The first-order valence-corrected chi connectivity index (χ1v) is 7.54. The smallest absolute Gasteiger partial charge is 0.221 e. The monoisotopic (exact) mass is 307 g/mol. The molecule has 0 fully saturated rings. The van der Waals surface area contributed by atoms with E-state index >= 15 is 0 Å². The number of rotatable bonds is 4. The van der Waals surface area contributed by atoms with Gasteiger partial charge in [0, 0.05) is 18.2 Å². The van der Waals surface area contributed by atoms with Crippen molar-refractivity contribution in [1.82, 2.24) is 0 Å². The standard InChI is InChI=1S/C20H21NO2/c1-13-10-15(3)17(11-14(13)2)8-9-20(23)18-6-5-7-19(12-18)21-16(4)22/h5-12H,1-4H3,(H,21,22). The SMILES string of the molecule is CC(=O)Nc1cccc(C(=O)C=Cc2cc(C)c(C)cc2C)c1. The van der Waals surface area contributed by atoms with Crippen LogP contribution in [0.25, 0.3) is 6.08 Å². The molecule has 0 unspecified atom stereocenters. The van der Waals surface area contributed by atoms with Gasteiger partial charge in [-0.05, 0) is 61.2 Å². The fourth-order valence-electron chi connectivity index (χ4n) is 2.38. The van der Waals surface area contributed by atoms with E-state index in [1.54, 1.807) is 30.3 Å². The van der Waals surface area contributed by atoms with E-state index in [0.29, 0.717) is 11.3 Å². The molecule has 118 valence electrons. The molecular weight excluding hydrogens is 286 g/mol. The Kier molecular flexibility index (Phi) is 5.12. The minimum absolute atomic E-state index is 0.0881. The van der Waals surface area contributed by atoms with E-state index in [4.69, 9.17) is 0 Å². The molecule has 3 nitrogen and oxygen atoms in total. The van der Waals surface area contributed by atoms with Gasteiger partial charge < -0.3 is 5.32 Å². The molecule has 1 N–H and O–H groups in total. The van der Waals surface area contributed by atoms with E-state index in [1.165, 1.54) is 18.1 Å². The number of hydrogen-bond acceptors (Lipinski definition) is 2. The Balaban J connectivity index is 2.22. The maximum atomic E-state index is 12.3. The third-order valence-electron chi connectivity index (χ3n) is 3.76. The molecule has 0 aliphatic rings. The van der Waals surface area contributed by atoms with Crippen molar-refractivity contribution < 1.29 is 9.59 Å². The van der Waals surface area contributed by atoms with Crippen molar-refractivity contribution in [3.63, 3.8) is 0 Å². The zero-order valence-electron chi connectivity index (χ0n) is 13.9. The number of anilines is 1. The topological polar surface area (TPSA) is 46.2 Å². The fraction of sp³-hybridized carbons (Fsp3) is 0.200. The zero-order chi connectivity index (χ0) is 17.0. The third kappa shape index (κ3) is 4.39. The lowest BCUT2D eigenvalue weighted by Gasteiger charge is -2.06. The molecule has 0 aromatic heterocycles. The maximum absolute atomic E-state index is 12.3. The van der Waals surface area contributed by atoms with Crippen LogP contribution in [-0.2, 0) is 4.79 Å². The number of nitrogens with one attached hydrogen (secondary N) is 1. The highest BCUT2D eigenvalue weighted by atomic mass is 16.1. The minimum Gasteiger partial charge on any atom is -0.326 e. The Morgan fingerprint density at radius 2 is 1.65 bits per heavy atom. The number of carbonyl (C=O) groups is 2. The summed E-state index contributed by atoms with van der Waals surface area (Å²) < 4.78 is 0. The van der Waals surface area contributed by atoms with Crippen molar-refractivity contribution in [1.29, 1.82) is 0 Å². The predicted octanol–water partition coefficient (Wildman–Crippen LogP) is 4.47. The van der Waals surface area contributed by atoms with Gasteiger partial charge in [-0.3, -0.25) is 9.59 Å². The van der Waals surface area contributed by atoms with Crippen LogP contribution in [-0.4, -0.2) is 11.7 Å². The number of hydrogen-bond donors (Lipinski definition) is 1. The Morgan fingerprint density at radius 1 is 0.957 bits per heavy atom. The Bertz CT molecular complexity index is 788. The maximum Gasteiger partial charge on any atom is 0.221 e. The third-order valence-corrected chi connectivity index (χ3v) is 3.76. The Morgan fingerprint density at radius 3 is 2.35 bits per heavy atom. The van der Waals surface area contributed by atoms with E-state index < -0.39 is 0 Å². The second-order valence-corrected chi connectivity index (χ2v) is 5.75. The lowest BCUT2D eigenvalue weighted by molar-refractivity contribution is -0.114. The number of ketones is 1. The molecule has 0 radical (unpaired) electrons. The van der Waals surface area contributed by atoms with E-state index in [9.17, 15) is 9.59 Å². The molecule has 0 bridgehead atoms. The molecule has 2 rings (SSSR count). The van der Waals surface area contributed by atoms with Crippen LogP contribution in [0.2, 0.25) is 0 Å². The van der Waals surface area contributed by atoms with Gasteiger partial charge in [0.25, 0.3) is 0 Å². The zero-order valence-corrected chi connectivity index (χ0v) is 13.9. The van der Waals surface area contributed by atoms with E-state index in [2.05, 4.69) is 31.3 Å². The van der Waals surface area contributed by atoms with Gasteiger partial charge in [-0.25, -0.2) is 0 Å². The summed E-state index contributed by atoms with van der Waals surface area (Å²) in [5.74, 6) is -0.245. The highest BCUT2D eigenvalue weighted by Crippen LogP contribution is 2.17. The van der Waals surface area contributed by atoms with Gasteiger partial charge in [-0.1, -0.05) is 30.3 Å². The van der Waals surface area contributed by atoms with Crippen LogP contribution in [0, 0.1) is 20.8 Å². The molecule has 2 aromatic carbocycles. The normalized spacial score (nSPS) is 10.8. The van der Waals surface area contributed by atoms with Crippen LogP contribution >= 0.6 is 0 Å². The molecule has 0 aliphatic carbocycles. The van der Waals surface area contributed by atoms with Gasteiger partial charge in [-0.15, -0.1) is 0 Å². The molecule has 0 atom stereocenters. The lowest BCUT2D eigenvalue weighted by atomic mass is 10.00. The number of allylic oxidation sites excluding steroid dienone is 1. The highest BCUT2D eigenvalue weighted by molar-refractivity contribution is 6.07. The van der Waals surface area contributed by atoms with Gasteiger partial charge in [0.05, 0.1) is 0 Å². The summed E-state index contributed by atoms with van der Waals surface area (Å²) in [5, 5.41) is 2.68. The van der Waals surface area contributed by atoms with Crippen molar-refractivity contribution >= 4 is 23.5 Å².